The molecule has 0 aliphatic carbocycles. The molecule has 0 aromatic carbocycles. The molecule has 2 N–H and O–H groups in total. The number of amides is 1. The minimum Gasteiger partial charge on any atom is -0.365 e. The van der Waals surface area contributed by atoms with E-state index in [1.54, 1.807) is 18.4 Å². The fraction of sp³-hybridized carbons (Fsp3) is 0.545. The predicted molar refractivity (Wildman–Crippen MR) is 72.1 cm³/mol. The third-order valence-electron chi connectivity index (χ3n) is 2.11. The van der Waals surface area contributed by atoms with Crippen molar-refractivity contribution in [3.05, 3.63) is 17.8 Å². The largest absolute Gasteiger partial charge is 0.365 e. The molecule has 2 atom stereocenters. The molecule has 0 fully saturated rings. The summed E-state index contributed by atoms with van der Waals surface area (Å²) in [7, 11) is -0.859. The highest BCUT2D eigenvalue weighted by atomic mass is 32.2. The van der Waals surface area contributed by atoms with Crippen molar-refractivity contribution in [3.63, 3.8) is 0 Å². The standard InChI is InChI=1S/C11H18N4O2S/c1-4-12-11(16)9-5-6-10(15-14-9)13-8(2)7-18(3)17/h5-6,8H,4,7H2,1-3H3,(H,12,16)(H,13,15). The first-order valence-corrected chi connectivity index (χ1v) is 7.44. The summed E-state index contributed by atoms with van der Waals surface area (Å²) in [6.07, 6.45) is 1.65. The van der Waals surface area contributed by atoms with Crippen LogP contribution in [-0.2, 0) is 10.8 Å². The van der Waals surface area contributed by atoms with Crippen LogP contribution in [0.1, 0.15) is 24.3 Å². The molecule has 0 bridgehead atoms. The van der Waals surface area contributed by atoms with Crippen LogP contribution in [0.5, 0.6) is 0 Å². The van der Waals surface area contributed by atoms with E-state index in [2.05, 4.69) is 20.8 Å². The molecule has 0 aliphatic heterocycles. The fourth-order valence-corrected chi connectivity index (χ4v) is 2.22. The summed E-state index contributed by atoms with van der Waals surface area (Å²) in [6.45, 7) is 4.31. The summed E-state index contributed by atoms with van der Waals surface area (Å²) < 4.78 is 11.0. The fourth-order valence-electron chi connectivity index (χ4n) is 1.43. The monoisotopic (exact) mass is 270 g/mol. The van der Waals surface area contributed by atoms with Crippen LogP contribution in [0.25, 0.3) is 0 Å². The maximum Gasteiger partial charge on any atom is 0.271 e. The SMILES string of the molecule is CCNC(=O)c1ccc(NC(C)CS(C)=O)nn1. The topological polar surface area (TPSA) is 84.0 Å². The molecule has 100 valence electrons. The normalized spacial score (nSPS) is 13.7. The van der Waals surface area contributed by atoms with Crippen LogP contribution in [0.2, 0.25) is 0 Å². The molecule has 1 rings (SSSR count). The van der Waals surface area contributed by atoms with Gasteiger partial charge < -0.3 is 10.6 Å². The summed E-state index contributed by atoms with van der Waals surface area (Å²) in [4.78, 5) is 11.4. The Morgan fingerprint density at radius 1 is 1.44 bits per heavy atom. The summed E-state index contributed by atoms with van der Waals surface area (Å²) in [5.41, 5.74) is 0.286. The van der Waals surface area contributed by atoms with Gasteiger partial charge in [-0.25, -0.2) is 0 Å². The molecule has 0 saturated carbocycles. The van der Waals surface area contributed by atoms with Gasteiger partial charge in [0.25, 0.3) is 5.91 Å². The van der Waals surface area contributed by atoms with Crippen molar-refractivity contribution in [1.82, 2.24) is 15.5 Å². The number of hydrogen-bond acceptors (Lipinski definition) is 5. The average molecular weight is 270 g/mol. The molecule has 2 unspecified atom stereocenters. The van der Waals surface area contributed by atoms with Crippen LogP contribution in [0, 0.1) is 0 Å². The third kappa shape index (κ3) is 4.79. The molecule has 0 aliphatic rings. The smallest absolute Gasteiger partial charge is 0.271 e. The van der Waals surface area contributed by atoms with Crippen molar-refractivity contribution in [3.8, 4) is 0 Å². The van der Waals surface area contributed by atoms with Gasteiger partial charge in [-0.2, -0.15) is 0 Å². The van der Waals surface area contributed by atoms with Gasteiger partial charge in [0.2, 0.25) is 0 Å². The van der Waals surface area contributed by atoms with Gasteiger partial charge in [0.1, 0.15) is 5.82 Å². The number of hydrogen-bond donors (Lipinski definition) is 2. The van der Waals surface area contributed by atoms with E-state index in [0.717, 1.165) is 0 Å². The van der Waals surface area contributed by atoms with E-state index in [-0.39, 0.29) is 17.6 Å². The van der Waals surface area contributed by atoms with Crippen LogP contribution < -0.4 is 10.6 Å². The highest BCUT2D eigenvalue weighted by molar-refractivity contribution is 7.84. The number of anilines is 1. The maximum absolute atomic E-state index is 11.4. The lowest BCUT2D eigenvalue weighted by atomic mass is 10.3. The Bertz CT molecular complexity index is 422. The number of rotatable bonds is 6. The molecule has 6 nitrogen and oxygen atoms in total. The molecular formula is C11H18N4O2S. The summed E-state index contributed by atoms with van der Waals surface area (Å²) in [6, 6.07) is 3.34. The van der Waals surface area contributed by atoms with Crippen molar-refractivity contribution in [2.75, 3.05) is 23.9 Å². The van der Waals surface area contributed by atoms with Gasteiger partial charge in [-0.05, 0) is 26.0 Å². The highest BCUT2D eigenvalue weighted by Gasteiger charge is 2.08. The first-order valence-electron chi connectivity index (χ1n) is 5.71. The van der Waals surface area contributed by atoms with Gasteiger partial charge in [0.05, 0.1) is 0 Å². The van der Waals surface area contributed by atoms with Crippen molar-refractivity contribution >= 4 is 22.5 Å². The van der Waals surface area contributed by atoms with Crippen LogP contribution in [0.3, 0.4) is 0 Å². The quantitative estimate of drug-likeness (QED) is 0.782. The van der Waals surface area contributed by atoms with Crippen molar-refractivity contribution in [2.24, 2.45) is 0 Å². The van der Waals surface area contributed by atoms with Gasteiger partial charge in [0, 0.05) is 35.4 Å². The number of nitrogens with zero attached hydrogens (tertiary/aromatic N) is 2. The second kappa shape index (κ2) is 7.05. The van der Waals surface area contributed by atoms with E-state index in [1.807, 2.05) is 13.8 Å². The Morgan fingerprint density at radius 2 is 2.17 bits per heavy atom. The molecule has 1 amide bonds. The van der Waals surface area contributed by atoms with Crippen LogP contribution in [-0.4, -0.2) is 44.9 Å². The van der Waals surface area contributed by atoms with Crippen molar-refractivity contribution in [2.45, 2.75) is 19.9 Å². The Kier molecular flexibility index (Phi) is 5.70. The molecule has 18 heavy (non-hydrogen) atoms. The molecule has 0 saturated heterocycles. The van der Waals surface area contributed by atoms with Gasteiger partial charge in [0.15, 0.2) is 5.69 Å². The molecular weight excluding hydrogens is 252 g/mol. The lowest BCUT2D eigenvalue weighted by Gasteiger charge is -2.12. The van der Waals surface area contributed by atoms with Crippen molar-refractivity contribution < 1.29 is 9.00 Å². The third-order valence-corrected chi connectivity index (χ3v) is 3.08. The van der Waals surface area contributed by atoms with Crippen LogP contribution in [0.15, 0.2) is 12.1 Å². The molecule has 0 spiro atoms. The molecule has 7 heteroatoms. The second-order valence-electron chi connectivity index (χ2n) is 3.95. The van der Waals surface area contributed by atoms with E-state index in [1.165, 1.54) is 0 Å². The summed E-state index contributed by atoms with van der Waals surface area (Å²) in [5.74, 6) is 0.875. The van der Waals surface area contributed by atoms with E-state index < -0.39 is 10.8 Å². The zero-order valence-electron chi connectivity index (χ0n) is 10.8. The first kappa shape index (κ1) is 14.6. The van der Waals surface area contributed by atoms with Gasteiger partial charge in [-0.15, -0.1) is 10.2 Å². The maximum atomic E-state index is 11.4. The predicted octanol–water partition coefficient (Wildman–Crippen LogP) is 0.405. The Morgan fingerprint density at radius 3 is 2.67 bits per heavy atom. The van der Waals surface area contributed by atoms with Gasteiger partial charge in [-0.3, -0.25) is 9.00 Å². The lowest BCUT2D eigenvalue weighted by molar-refractivity contribution is 0.0950. The molecule has 1 aromatic rings. The summed E-state index contributed by atoms with van der Waals surface area (Å²) >= 11 is 0. The second-order valence-corrected chi connectivity index (χ2v) is 5.43. The zero-order chi connectivity index (χ0) is 13.5. The Balaban J connectivity index is 2.60. The number of carbonyl (C=O) groups is 1. The first-order chi connectivity index (χ1) is 8.52. The lowest BCUT2D eigenvalue weighted by Crippen LogP contribution is -2.25. The number of aromatic nitrogens is 2. The number of nitrogens with one attached hydrogen (secondary N) is 2. The molecule has 1 aromatic heterocycles. The van der Waals surface area contributed by atoms with E-state index in [4.69, 9.17) is 0 Å². The number of carbonyl (C=O) groups excluding carboxylic acids is 1. The molecule has 1 heterocycles. The molecule has 0 radical (unpaired) electrons. The van der Waals surface area contributed by atoms with E-state index in [0.29, 0.717) is 18.1 Å². The Hall–Kier alpha value is -1.50. The van der Waals surface area contributed by atoms with E-state index in [9.17, 15) is 9.00 Å². The average Bonchev–Trinajstić information content (AvgIpc) is 2.29. The zero-order valence-corrected chi connectivity index (χ0v) is 11.6. The minimum absolute atomic E-state index is 0.0421. The van der Waals surface area contributed by atoms with Gasteiger partial charge in [-0.1, -0.05) is 0 Å². The highest BCUT2D eigenvalue weighted by Crippen LogP contribution is 2.04. The van der Waals surface area contributed by atoms with Crippen molar-refractivity contribution in [1.29, 1.82) is 0 Å². The van der Waals surface area contributed by atoms with Crippen LogP contribution in [0.4, 0.5) is 5.82 Å². The van der Waals surface area contributed by atoms with E-state index >= 15 is 0 Å². The minimum atomic E-state index is -0.859. The van der Waals surface area contributed by atoms with Crippen LogP contribution >= 0.6 is 0 Å². The Labute approximate surface area is 109 Å². The van der Waals surface area contributed by atoms with Gasteiger partial charge >= 0.3 is 0 Å². The summed E-state index contributed by atoms with van der Waals surface area (Å²) in [5, 5.41) is 13.5.